The molecule has 0 aromatic carbocycles. The molecule has 0 aliphatic carbocycles. The number of nitrogens with one attached hydrogen (secondary N) is 2. The maximum atomic E-state index is 4.23. The average Bonchev–Trinajstić information content (AvgIpc) is 2.28. The number of rotatable bonds is 3. The molecule has 2 heterocycles. The lowest BCUT2D eigenvalue weighted by Gasteiger charge is -2.31. The first-order valence-electron chi connectivity index (χ1n) is 5.41. The third-order valence-corrected chi connectivity index (χ3v) is 2.65. The molecule has 2 rings (SSSR count). The number of piperazine rings is 1. The van der Waals surface area contributed by atoms with Crippen molar-refractivity contribution in [2.75, 3.05) is 38.5 Å². The van der Waals surface area contributed by atoms with Crippen molar-refractivity contribution in [3.63, 3.8) is 0 Å². The second-order valence-electron chi connectivity index (χ2n) is 4.01. The Morgan fingerprint density at radius 2 is 2.53 bits per heavy atom. The minimum Gasteiger partial charge on any atom is -0.368 e. The summed E-state index contributed by atoms with van der Waals surface area (Å²) in [7, 11) is 2.16. The van der Waals surface area contributed by atoms with E-state index in [9.17, 15) is 0 Å². The van der Waals surface area contributed by atoms with Crippen LogP contribution in [-0.2, 0) is 0 Å². The molecule has 2 N–H and O–H groups in total. The van der Waals surface area contributed by atoms with E-state index in [4.69, 9.17) is 0 Å². The van der Waals surface area contributed by atoms with Gasteiger partial charge in [0.05, 0.1) is 0 Å². The molecular formula is C11H18N4. The van der Waals surface area contributed by atoms with Gasteiger partial charge in [0, 0.05) is 38.4 Å². The van der Waals surface area contributed by atoms with Crippen LogP contribution in [0.3, 0.4) is 0 Å². The van der Waals surface area contributed by atoms with Crippen LogP contribution in [0.15, 0.2) is 24.4 Å². The Morgan fingerprint density at radius 3 is 3.27 bits per heavy atom. The van der Waals surface area contributed by atoms with E-state index in [-0.39, 0.29) is 0 Å². The quantitative estimate of drug-likeness (QED) is 0.751. The van der Waals surface area contributed by atoms with Crippen LogP contribution in [0, 0.1) is 0 Å². The van der Waals surface area contributed by atoms with Gasteiger partial charge in [0.1, 0.15) is 5.82 Å². The molecule has 0 spiro atoms. The first kappa shape index (κ1) is 10.4. The van der Waals surface area contributed by atoms with Gasteiger partial charge in [0.2, 0.25) is 0 Å². The second-order valence-corrected chi connectivity index (χ2v) is 4.01. The zero-order valence-corrected chi connectivity index (χ0v) is 9.11. The van der Waals surface area contributed by atoms with Gasteiger partial charge >= 0.3 is 0 Å². The van der Waals surface area contributed by atoms with Crippen molar-refractivity contribution in [3.05, 3.63) is 24.4 Å². The standard InChI is InChI=1S/C11H18N4/c1-15-7-6-12-10(9-15)8-14-11-4-2-3-5-13-11/h2-5,10,12H,6-9H2,1H3,(H,13,14). The molecule has 1 saturated heterocycles. The van der Waals surface area contributed by atoms with Gasteiger partial charge in [-0.05, 0) is 19.2 Å². The van der Waals surface area contributed by atoms with E-state index in [1.165, 1.54) is 0 Å². The van der Waals surface area contributed by atoms with Crippen molar-refractivity contribution < 1.29 is 0 Å². The van der Waals surface area contributed by atoms with Gasteiger partial charge < -0.3 is 15.5 Å². The highest BCUT2D eigenvalue weighted by Gasteiger charge is 2.15. The number of aromatic nitrogens is 1. The molecule has 1 unspecified atom stereocenters. The Balaban J connectivity index is 1.78. The Kier molecular flexibility index (Phi) is 3.53. The van der Waals surface area contributed by atoms with Gasteiger partial charge in [-0.2, -0.15) is 0 Å². The molecule has 15 heavy (non-hydrogen) atoms. The molecule has 0 saturated carbocycles. The van der Waals surface area contributed by atoms with Crippen LogP contribution in [-0.4, -0.2) is 49.2 Å². The molecule has 1 aliphatic heterocycles. The molecule has 1 atom stereocenters. The summed E-state index contributed by atoms with van der Waals surface area (Å²) in [4.78, 5) is 6.58. The fourth-order valence-corrected chi connectivity index (χ4v) is 1.82. The molecule has 0 amide bonds. The SMILES string of the molecule is CN1CCNC(CNc2ccccn2)C1. The minimum atomic E-state index is 0.519. The third kappa shape index (κ3) is 3.18. The molecule has 1 aliphatic rings. The molecule has 1 aromatic rings. The van der Waals surface area contributed by atoms with Crippen LogP contribution < -0.4 is 10.6 Å². The largest absolute Gasteiger partial charge is 0.368 e. The number of likely N-dealkylation sites (N-methyl/N-ethyl adjacent to an activating group) is 1. The lowest BCUT2D eigenvalue weighted by atomic mass is 10.2. The summed E-state index contributed by atoms with van der Waals surface area (Å²) < 4.78 is 0. The van der Waals surface area contributed by atoms with Gasteiger partial charge in [0.25, 0.3) is 0 Å². The Hall–Kier alpha value is -1.13. The molecule has 82 valence electrons. The fraction of sp³-hybridized carbons (Fsp3) is 0.545. The van der Waals surface area contributed by atoms with E-state index in [0.717, 1.165) is 32.0 Å². The van der Waals surface area contributed by atoms with E-state index in [0.29, 0.717) is 6.04 Å². The Morgan fingerprint density at radius 1 is 1.60 bits per heavy atom. The van der Waals surface area contributed by atoms with E-state index < -0.39 is 0 Å². The molecule has 4 heteroatoms. The molecule has 1 fully saturated rings. The van der Waals surface area contributed by atoms with Gasteiger partial charge in [-0.3, -0.25) is 0 Å². The number of hydrogen-bond acceptors (Lipinski definition) is 4. The first-order chi connectivity index (χ1) is 7.34. The van der Waals surface area contributed by atoms with Crippen molar-refractivity contribution in [1.29, 1.82) is 0 Å². The molecular weight excluding hydrogens is 188 g/mol. The smallest absolute Gasteiger partial charge is 0.125 e. The second kappa shape index (κ2) is 5.09. The van der Waals surface area contributed by atoms with E-state index in [1.54, 1.807) is 0 Å². The zero-order chi connectivity index (χ0) is 10.5. The average molecular weight is 206 g/mol. The molecule has 1 aromatic heterocycles. The van der Waals surface area contributed by atoms with Gasteiger partial charge in [-0.1, -0.05) is 6.07 Å². The lowest BCUT2D eigenvalue weighted by molar-refractivity contribution is 0.244. The number of nitrogens with zero attached hydrogens (tertiary/aromatic N) is 2. The van der Waals surface area contributed by atoms with Crippen LogP contribution in [0.1, 0.15) is 0 Å². The summed E-state index contributed by atoms with van der Waals surface area (Å²) in [6, 6.07) is 6.44. The van der Waals surface area contributed by atoms with Crippen molar-refractivity contribution >= 4 is 5.82 Å². The maximum Gasteiger partial charge on any atom is 0.125 e. The third-order valence-electron chi connectivity index (χ3n) is 2.65. The summed E-state index contributed by atoms with van der Waals surface area (Å²) in [6.45, 7) is 4.24. The van der Waals surface area contributed by atoms with E-state index in [2.05, 4.69) is 27.6 Å². The zero-order valence-electron chi connectivity index (χ0n) is 9.11. The van der Waals surface area contributed by atoms with Crippen molar-refractivity contribution in [2.24, 2.45) is 0 Å². The predicted molar refractivity (Wildman–Crippen MR) is 62.0 cm³/mol. The van der Waals surface area contributed by atoms with Crippen molar-refractivity contribution in [1.82, 2.24) is 15.2 Å². The monoisotopic (exact) mass is 206 g/mol. The topological polar surface area (TPSA) is 40.2 Å². The van der Waals surface area contributed by atoms with Crippen LogP contribution in [0.2, 0.25) is 0 Å². The highest BCUT2D eigenvalue weighted by atomic mass is 15.2. The maximum absolute atomic E-state index is 4.23. The highest BCUT2D eigenvalue weighted by molar-refractivity contribution is 5.33. The van der Waals surface area contributed by atoms with Gasteiger partial charge in [0.15, 0.2) is 0 Å². The Bertz CT molecular complexity index is 288. The van der Waals surface area contributed by atoms with Crippen molar-refractivity contribution in [2.45, 2.75) is 6.04 Å². The number of hydrogen-bond donors (Lipinski definition) is 2. The van der Waals surface area contributed by atoms with Crippen molar-refractivity contribution in [3.8, 4) is 0 Å². The van der Waals surface area contributed by atoms with Gasteiger partial charge in [-0.25, -0.2) is 4.98 Å². The summed E-state index contributed by atoms with van der Waals surface area (Å²) in [5.74, 6) is 0.951. The minimum absolute atomic E-state index is 0.519. The molecule has 4 nitrogen and oxygen atoms in total. The fourth-order valence-electron chi connectivity index (χ4n) is 1.82. The van der Waals surface area contributed by atoms with E-state index >= 15 is 0 Å². The van der Waals surface area contributed by atoms with E-state index in [1.807, 2.05) is 24.4 Å². The summed E-state index contributed by atoms with van der Waals surface area (Å²) in [5.41, 5.74) is 0. The van der Waals surface area contributed by atoms with Crippen LogP contribution in [0.4, 0.5) is 5.82 Å². The first-order valence-corrected chi connectivity index (χ1v) is 5.41. The highest BCUT2D eigenvalue weighted by Crippen LogP contribution is 2.01. The van der Waals surface area contributed by atoms with Crippen LogP contribution >= 0.6 is 0 Å². The number of anilines is 1. The van der Waals surface area contributed by atoms with Gasteiger partial charge in [-0.15, -0.1) is 0 Å². The molecule has 0 radical (unpaired) electrons. The summed E-state index contributed by atoms with van der Waals surface area (Å²) in [6.07, 6.45) is 1.81. The van der Waals surface area contributed by atoms with Crippen LogP contribution in [0.25, 0.3) is 0 Å². The summed E-state index contributed by atoms with van der Waals surface area (Å²) in [5, 5.41) is 6.82. The summed E-state index contributed by atoms with van der Waals surface area (Å²) >= 11 is 0. The number of pyridine rings is 1. The molecule has 0 bridgehead atoms. The normalized spacial score (nSPS) is 22.6. The lowest BCUT2D eigenvalue weighted by Crippen LogP contribution is -2.51. The van der Waals surface area contributed by atoms with Crippen LogP contribution in [0.5, 0.6) is 0 Å². The predicted octanol–water partition coefficient (Wildman–Crippen LogP) is 0.397. The Labute approximate surface area is 90.7 Å².